The van der Waals surface area contributed by atoms with Crippen LogP contribution in [-0.2, 0) is 0 Å². The quantitative estimate of drug-likeness (QED) is 0.227. The highest BCUT2D eigenvalue weighted by Crippen LogP contribution is 2.35. The lowest BCUT2D eigenvalue weighted by Gasteiger charge is -2.29. The number of nitrogens with one attached hydrogen (secondary N) is 1. The average Bonchev–Trinajstić information content (AvgIpc) is 1.97. The van der Waals surface area contributed by atoms with Crippen molar-refractivity contribution in [2.75, 3.05) is 0 Å². The van der Waals surface area contributed by atoms with Gasteiger partial charge in [-0.15, -0.1) is 0 Å². The lowest BCUT2D eigenvalue weighted by atomic mass is 9.77. The van der Waals surface area contributed by atoms with Crippen molar-refractivity contribution in [3.05, 3.63) is 12.2 Å². The van der Waals surface area contributed by atoms with Gasteiger partial charge >= 0.3 is 0 Å². The molecular formula is C11H18I2N2. The van der Waals surface area contributed by atoms with Crippen molar-refractivity contribution < 1.29 is 0 Å². The Hall–Kier alpha value is 0.670. The van der Waals surface area contributed by atoms with E-state index in [0.29, 0.717) is 5.92 Å². The minimum Gasteiger partial charge on any atom is -0.249 e. The van der Waals surface area contributed by atoms with Crippen LogP contribution in [0, 0.1) is 5.92 Å². The first-order valence-corrected chi connectivity index (χ1v) is 7.40. The van der Waals surface area contributed by atoms with Crippen LogP contribution >= 0.6 is 45.5 Å². The molecule has 1 rings (SSSR count). The number of nitrogens with zero attached hydrogens (tertiary/aromatic N) is 1. The summed E-state index contributed by atoms with van der Waals surface area (Å²) in [6.07, 6.45) is 4.92. The largest absolute Gasteiger partial charge is 0.249 e. The topological polar surface area (TPSA) is 24.4 Å². The lowest BCUT2D eigenvalue weighted by Crippen LogP contribution is -2.25. The zero-order valence-electron chi connectivity index (χ0n) is 9.32. The van der Waals surface area contributed by atoms with Crippen LogP contribution in [0.1, 0.15) is 39.5 Å². The minimum atomic E-state index is 0.247. The lowest BCUT2D eigenvalue weighted by molar-refractivity contribution is 0.377. The Balaban J connectivity index is 2.65. The average molecular weight is 432 g/mol. The second-order valence-electron chi connectivity index (χ2n) is 4.69. The molecule has 1 N–H and O–H groups in total. The van der Waals surface area contributed by atoms with E-state index in [9.17, 15) is 0 Å². The Morgan fingerprint density at radius 3 is 2.47 bits per heavy atom. The first kappa shape index (κ1) is 13.7. The summed E-state index contributed by atoms with van der Waals surface area (Å²) in [7, 11) is 0. The van der Waals surface area contributed by atoms with Gasteiger partial charge in [0.2, 0.25) is 0 Å². The monoisotopic (exact) mass is 432 g/mol. The minimum absolute atomic E-state index is 0.247. The van der Waals surface area contributed by atoms with Gasteiger partial charge in [0.05, 0.1) is 28.6 Å². The van der Waals surface area contributed by atoms with Gasteiger partial charge in [-0.3, -0.25) is 0 Å². The molecule has 0 aromatic carbocycles. The van der Waals surface area contributed by atoms with Crippen molar-refractivity contribution in [2.45, 2.75) is 43.0 Å². The molecule has 0 saturated heterocycles. The zero-order chi connectivity index (χ0) is 11.5. The van der Waals surface area contributed by atoms with Gasteiger partial charge in [0.1, 0.15) is 0 Å². The summed E-state index contributed by atoms with van der Waals surface area (Å²) in [4.78, 5) is 0. The highest BCUT2D eigenvalue weighted by molar-refractivity contribution is 14.1. The van der Waals surface area contributed by atoms with E-state index in [1.807, 2.05) is 0 Å². The summed E-state index contributed by atoms with van der Waals surface area (Å²) in [6.45, 7) is 8.66. The smallest absolute Gasteiger partial charge is 0.0751 e. The number of allylic oxidation sites excluding steroid dienone is 1. The van der Waals surface area contributed by atoms with Crippen LogP contribution in [0.15, 0.2) is 17.3 Å². The van der Waals surface area contributed by atoms with Gasteiger partial charge < -0.3 is 0 Å². The molecule has 0 atom stereocenters. The maximum atomic E-state index is 4.36. The Morgan fingerprint density at radius 1 is 1.53 bits per heavy atom. The fourth-order valence-electron chi connectivity index (χ4n) is 1.67. The van der Waals surface area contributed by atoms with Crippen LogP contribution in [0.2, 0.25) is 0 Å². The number of hydrazone groups is 1. The maximum absolute atomic E-state index is 4.36. The maximum Gasteiger partial charge on any atom is 0.0751 e. The van der Waals surface area contributed by atoms with E-state index < -0.39 is 0 Å². The molecule has 0 aromatic heterocycles. The van der Waals surface area contributed by atoms with Crippen LogP contribution in [0.5, 0.6) is 0 Å². The van der Waals surface area contributed by atoms with Crippen LogP contribution in [0.4, 0.5) is 0 Å². The van der Waals surface area contributed by atoms with E-state index in [-0.39, 0.29) is 3.42 Å². The van der Waals surface area contributed by atoms with Crippen molar-refractivity contribution >= 4 is 51.2 Å². The number of rotatable bonds is 5. The molecule has 0 heterocycles. The van der Waals surface area contributed by atoms with E-state index in [2.05, 4.69) is 74.6 Å². The number of hydrogen-bond acceptors (Lipinski definition) is 2. The standard InChI is InChI=1S/C11H18I2N2/c1-8(9-5-4-6-9)10(14-15-13)7-11(2,3)12/h9,15H,1,4-7H2,2-3H3/b14-10-. The zero-order valence-corrected chi connectivity index (χ0v) is 13.6. The van der Waals surface area contributed by atoms with Crippen LogP contribution < -0.4 is 3.64 Å². The van der Waals surface area contributed by atoms with Crippen LogP contribution in [0.3, 0.4) is 0 Å². The molecule has 0 bridgehead atoms. The van der Waals surface area contributed by atoms with Crippen LogP contribution in [-0.4, -0.2) is 9.13 Å². The molecule has 86 valence electrons. The molecule has 4 heteroatoms. The Labute approximate surface area is 120 Å². The second-order valence-corrected chi connectivity index (χ2v) is 8.09. The molecule has 1 aliphatic rings. The third kappa shape index (κ3) is 4.58. The van der Waals surface area contributed by atoms with Gasteiger partial charge in [-0.2, -0.15) is 5.10 Å². The molecule has 0 aromatic rings. The molecule has 15 heavy (non-hydrogen) atoms. The van der Waals surface area contributed by atoms with E-state index in [0.717, 1.165) is 12.1 Å². The normalized spacial score (nSPS) is 18.5. The Bertz CT molecular complexity index is 262. The van der Waals surface area contributed by atoms with E-state index in [4.69, 9.17) is 0 Å². The molecule has 0 aliphatic heterocycles. The first-order valence-electron chi connectivity index (χ1n) is 5.24. The molecule has 1 fully saturated rings. The summed E-state index contributed by atoms with van der Waals surface area (Å²) < 4.78 is 3.11. The molecule has 1 saturated carbocycles. The van der Waals surface area contributed by atoms with Gasteiger partial charge in [-0.25, -0.2) is 3.64 Å². The molecule has 2 nitrogen and oxygen atoms in total. The Kier molecular flexibility index (Phi) is 5.35. The SMILES string of the molecule is C=C(/C(CC(C)(C)I)=N\NI)C1CCC1. The fourth-order valence-corrected chi connectivity index (χ4v) is 2.32. The second kappa shape index (κ2) is 5.84. The molecule has 1 aliphatic carbocycles. The highest BCUT2D eigenvalue weighted by Gasteiger charge is 2.26. The number of alkyl halides is 1. The molecular weight excluding hydrogens is 414 g/mol. The third-order valence-corrected chi connectivity index (χ3v) is 3.36. The Morgan fingerprint density at radius 2 is 2.13 bits per heavy atom. The summed E-state index contributed by atoms with van der Waals surface area (Å²) in [5.41, 5.74) is 2.39. The fraction of sp³-hybridized carbons (Fsp3) is 0.727. The predicted octanol–water partition coefficient (Wildman–Crippen LogP) is 4.24. The van der Waals surface area contributed by atoms with E-state index >= 15 is 0 Å². The van der Waals surface area contributed by atoms with Gasteiger partial charge in [-0.05, 0) is 24.3 Å². The summed E-state index contributed by atoms with van der Waals surface area (Å²) >= 11 is 4.53. The summed E-state index contributed by atoms with van der Waals surface area (Å²) in [5.74, 6) is 0.687. The van der Waals surface area contributed by atoms with Crippen LogP contribution in [0.25, 0.3) is 0 Å². The number of hydrogen-bond donors (Lipinski definition) is 1. The summed E-state index contributed by atoms with van der Waals surface area (Å²) in [6, 6.07) is 0. The molecule has 0 amide bonds. The number of halogens is 2. The summed E-state index contributed by atoms with van der Waals surface area (Å²) in [5, 5.41) is 4.36. The van der Waals surface area contributed by atoms with E-state index in [1.54, 1.807) is 0 Å². The highest BCUT2D eigenvalue weighted by atomic mass is 127. The third-order valence-electron chi connectivity index (χ3n) is 2.73. The van der Waals surface area contributed by atoms with Gasteiger partial charge in [0, 0.05) is 9.84 Å². The van der Waals surface area contributed by atoms with Crippen molar-refractivity contribution in [2.24, 2.45) is 11.0 Å². The van der Waals surface area contributed by atoms with E-state index in [1.165, 1.54) is 24.8 Å². The van der Waals surface area contributed by atoms with Crippen molar-refractivity contribution in [1.82, 2.24) is 3.64 Å². The van der Waals surface area contributed by atoms with Gasteiger partial charge in [-0.1, -0.05) is 49.4 Å². The molecule has 0 unspecified atom stereocenters. The van der Waals surface area contributed by atoms with Crippen molar-refractivity contribution in [3.8, 4) is 0 Å². The van der Waals surface area contributed by atoms with Crippen molar-refractivity contribution in [3.63, 3.8) is 0 Å². The predicted molar refractivity (Wildman–Crippen MR) is 83.8 cm³/mol. The van der Waals surface area contributed by atoms with Crippen molar-refractivity contribution in [1.29, 1.82) is 0 Å². The molecule has 0 radical (unpaired) electrons. The first-order chi connectivity index (χ1) is 6.94. The van der Waals surface area contributed by atoms with Gasteiger partial charge in [0.15, 0.2) is 0 Å². The molecule has 0 spiro atoms. The van der Waals surface area contributed by atoms with Gasteiger partial charge in [0.25, 0.3) is 0 Å².